The Morgan fingerprint density at radius 3 is 2.53 bits per heavy atom. The van der Waals surface area contributed by atoms with Gasteiger partial charge in [0.15, 0.2) is 5.76 Å². The summed E-state index contributed by atoms with van der Waals surface area (Å²) in [5.74, 6) is 0.535. The van der Waals surface area contributed by atoms with E-state index in [-0.39, 0.29) is 11.6 Å². The molecule has 7 nitrogen and oxygen atoms in total. The molecule has 0 aliphatic carbocycles. The molecule has 4 aromatic rings. The predicted molar refractivity (Wildman–Crippen MR) is 134 cm³/mol. The van der Waals surface area contributed by atoms with E-state index in [0.717, 1.165) is 35.2 Å². The van der Waals surface area contributed by atoms with Crippen molar-refractivity contribution < 1.29 is 4.52 Å². The summed E-state index contributed by atoms with van der Waals surface area (Å²) in [5, 5.41) is 4.27. The van der Waals surface area contributed by atoms with E-state index in [0.29, 0.717) is 22.8 Å². The lowest BCUT2D eigenvalue weighted by atomic mass is 9.93. The zero-order valence-corrected chi connectivity index (χ0v) is 20.4. The van der Waals surface area contributed by atoms with Crippen molar-refractivity contribution in [3.8, 4) is 34.0 Å². The fourth-order valence-corrected chi connectivity index (χ4v) is 4.05. The molecule has 176 valence electrons. The van der Waals surface area contributed by atoms with Crippen molar-refractivity contribution in [1.82, 2.24) is 19.7 Å². The number of hydrogen-bond acceptors (Lipinski definition) is 6. The first kappa shape index (κ1) is 23.6. The maximum Gasteiger partial charge on any atom is 0.250 e. The Labute approximate surface area is 199 Å². The van der Waals surface area contributed by atoms with Crippen molar-refractivity contribution in [2.24, 2.45) is 5.73 Å². The van der Waals surface area contributed by atoms with Gasteiger partial charge in [-0.3, -0.25) is 9.78 Å². The summed E-state index contributed by atoms with van der Waals surface area (Å²) in [5.41, 5.74) is 11.3. The lowest BCUT2D eigenvalue weighted by Gasteiger charge is -2.19. The Bertz CT molecular complexity index is 1360. The van der Waals surface area contributed by atoms with Crippen LogP contribution in [0.4, 0.5) is 0 Å². The molecule has 2 N–H and O–H groups in total. The zero-order chi connectivity index (χ0) is 24.5. The first-order chi connectivity index (χ1) is 16.2. The number of nitrogens with zero attached hydrogens (tertiary/aromatic N) is 4. The third kappa shape index (κ3) is 4.70. The molecule has 0 spiro atoms. The van der Waals surface area contributed by atoms with Crippen LogP contribution in [0, 0.1) is 6.92 Å². The molecular weight excluding hydrogens is 426 g/mol. The van der Waals surface area contributed by atoms with Gasteiger partial charge in [0.05, 0.1) is 17.6 Å². The summed E-state index contributed by atoms with van der Waals surface area (Å²) < 4.78 is 7.47. The van der Waals surface area contributed by atoms with Crippen LogP contribution >= 0.6 is 0 Å². The molecule has 0 saturated carbocycles. The molecule has 0 radical (unpaired) electrons. The quantitative estimate of drug-likeness (QED) is 0.394. The molecule has 4 rings (SSSR count). The van der Waals surface area contributed by atoms with E-state index in [1.165, 1.54) is 0 Å². The molecule has 0 aliphatic rings. The van der Waals surface area contributed by atoms with Gasteiger partial charge >= 0.3 is 0 Å². The van der Waals surface area contributed by atoms with Crippen molar-refractivity contribution in [3.05, 3.63) is 76.5 Å². The van der Waals surface area contributed by atoms with Crippen LogP contribution in [0.5, 0.6) is 0 Å². The fraction of sp³-hybridized carbons (Fsp3) is 0.333. The van der Waals surface area contributed by atoms with Crippen molar-refractivity contribution in [2.75, 3.05) is 0 Å². The van der Waals surface area contributed by atoms with E-state index in [9.17, 15) is 4.79 Å². The number of nitrogens with two attached hydrogens (primary N) is 1. The summed E-state index contributed by atoms with van der Waals surface area (Å²) in [6.45, 7) is 10.00. The molecule has 3 aromatic heterocycles. The molecule has 3 heterocycles. The molecule has 0 saturated heterocycles. The van der Waals surface area contributed by atoms with Crippen LogP contribution in [0.15, 0.2) is 64.2 Å². The highest BCUT2D eigenvalue weighted by Gasteiger charge is 2.18. The van der Waals surface area contributed by atoms with E-state index in [2.05, 4.69) is 24.0 Å². The minimum Gasteiger partial charge on any atom is -0.354 e. The minimum atomic E-state index is -0.454. The maximum absolute atomic E-state index is 12.4. The standard InChI is InChI=1S/C27H31N5O2/c1-6-21(7-2)32-16-19(11-12-25(32)33)23-15-29-17(3)26(30-23)24-14-22(31-34-24)18-9-8-10-20(13-18)27(4,5)28/h8-16,21H,6-7,28H2,1-5H3. The van der Waals surface area contributed by atoms with Crippen LogP contribution in [-0.4, -0.2) is 19.7 Å². The van der Waals surface area contributed by atoms with E-state index in [1.807, 2.05) is 57.3 Å². The Morgan fingerprint density at radius 2 is 1.82 bits per heavy atom. The Hall–Kier alpha value is -3.58. The second-order valence-corrected chi connectivity index (χ2v) is 9.20. The highest BCUT2D eigenvalue weighted by Crippen LogP contribution is 2.30. The second kappa shape index (κ2) is 9.35. The van der Waals surface area contributed by atoms with Gasteiger partial charge in [-0.1, -0.05) is 37.2 Å². The van der Waals surface area contributed by atoms with Gasteiger partial charge in [-0.15, -0.1) is 0 Å². The van der Waals surface area contributed by atoms with Gasteiger partial charge in [-0.2, -0.15) is 0 Å². The van der Waals surface area contributed by atoms with E-state index in [1.54, 1.807) is 22.9 Å². The number of aromatic nitrogens is 4. The van der Waals surface area contributed by atoms with Crippen molar-refractivity contribution >= 4 is 0 Å². The summed E-state index contributed by atoms with van der Waals surface area (Å²) in [4.78, 5) is 21.8. The van der Waals surface area contributed by atoms with Gasteiger partial charge in [0.1, 0.15) is 11.4 Å². The zero-order valence-electron chi connectivity index (χ0n) is 20.4. The average Bonchev–Trinajstić information content (AvgIpc) is 3.31. The van der Waals surface area contributed by atoms with Gasteiger partial charge in [-0.05, 0) is 51.3 Å². The van der Waals surface area contributed by atoms with Crippen LogP contribution in [0.3, 0.4) is 0 Å². The van der Waals surface area contributed by atoms with Crippen LogP contribution in [0.2, 0.25) is 0 Å². The maximum atomic E-state index is 12.4. The minimum absolute atomic E-state index is 0.0134. The van der Waals surface area contributed by atoms with E-state index < -0.39 is 5.54 Å². The molecular formula is C27H31N5O2. The number of hydrogen-bond donors (Lipinski definition) is 1. The SMILES string of the molecule is CCC(CC)n1cc(-c2cnc(C)c(-c3cc(-c4cccc(C(C)(C)N)c4)no3)n2)ccc1=O. The summed E-state index contributed by atoms with van der Waals surface area (Å²) in [7, 11) is 0. The van der Waals surface area contributed by atoms with Crippen LogP contribution in [0.25, 0.3) is 34.0 Å². The monoisotopic (exact) mass is 457 g/mol. The number of benzene rings is 1. The third-order valence-electron chi connectivity index (χ3n) is 6.17. The normalized spacial score (nSPS) is 11.9. The molecule has 7 heteroatoms. The molecule has 0 fully saturated rings. The highest BCUT2D eigenvalue weighted by atomic mass is 16.5. The third-order valence-corrected chi connectivity index (χ3v) is 6.17. The van der Waals surface area contributed by atoms with Gasteiger partial charge in [-0.25, -0.2) is 4.98 Å². The number of pyridine rings is 1. The van der Waals surface area contributed by atoms with Gasteiger partial charge < -0.3 is 14.8 Å². The lowest BCUT2D eigenvalue weighted by Crippen LogP contribution is -2.28. The molecule has 34 heavy (non-hydrogen) atoms. The molecule has 1 aromatic carbocycles. The Kier molecular flexibility index (Phi) is 6.48. The van der Waals surface area contributed by atoms with Crippen molar-refractivity contribution in [3.63, 3.8) is 0 Å². The molecule has 0 aliphatic heterocycles. The Morgan fingerprint density at radius 1 is 1.06 bits per heavy atom. The molecule has 0 unspecified atom stereocenters. The second-order valence-electron chi connectivity index (χ2n) is 9.20. The average molecular weight is 458 g/mol. The van der Waals surface area contributed by atoms with Gasteiger partial charge in [0.25, 0.3) is 5.56 Å². The number of rotatable bonds is 7. The predicted octanol–water partition coefficient (Wildman–Crippen LogP) is 5.49. The first-order valence-corrected chi connectivity index (χ1v) is 11.6. The van der Waals surface area contributed by atoms with Crippen molar-refractivity contribution in [1.29, 1.82) is 0 Å². The van der Waals surface area contributed by atoms with Crippen LogP contribution in [-0.2, 0) is 5.54 Å². The summed E-state index contributed by atoms with van der Waals surface area (Å²) in [6, 6.07) is 13.4. The molecule has 0 bridgehead atoms. The molecule has 0 amide bonds. The summed E-state index contributed by atoms with van der Waals surface area (Å²) >= 11 is 0. The number of aryl methyl sites for hydroxylation is 1. The summed E-state index contributed by atoms with van der Waals surface area (Å²) in [6.07, 6.45) is 5.36. The van der Waals surface area contributed by atoms with E-state index in [4.69, 9.17) is 15.2 Å². The van der Waals surface area contributed by atoms with Gasteiger partial charge in [0, 0.05) is 41.0 Å². The topological polar surface area (TPSA) is 99.8 Å². The largest absolute Gasteiger partial charge is 0.354 e. The van der Waals surface area contributed by atoms with Crippen LogP contribution in [0.1, 0.15) is 57.8 Å². The first-order valence-electron chi connectivity index (χ1n) is 11.6. The van der Waals surface area contributed by atoms with Gasteiger partial charge in [0.2, 0.25) is 0 Å². The van der Waals surface area contributed by atoms with Crippen LogP contribution < -0.4 is 11.3 Å². The van der Waals surface area contributed by atoms with Crippen molar-refractivity contribution in [2.45, 2.75) is 59.0 Å². The Balaban J connectivity index is 1.72. The smallest absolute Gasteiger partial charge is 0.250 e. The highest BCUT2D eigenvalue weighted by molar-refractivity contribution is 5.68. The van der Waals surface area contributed by atoms with E-state index >= 15 is 0 Å². The molecule has 0 atom stereocenters. The fourth-order valence-electron chi connectivity index (χ4n) is 4.05. The lowest BCUT2D eigenvalue weighted by molar-refractivity contribution is 0.433.